The van der Waals surface area contributed by atoms with Crippen molar-refractivity contribution in [3.8, 4) is 6.07 Å². The van der Waals surface area contributed by atoms with Gasteiger partial charge in [-0.15, -0.1) is 0 Å². The summed E-state index contributed by atoms with van der Waals surface area (Å²) in [5.74, 6) is -0.401. The number of hydrogen-bond acceptors (Lipinski definition) is 1. The first-order chi connectivity index (χ1) is 5.65. The second-order valence-electron chi connectivity index (χ2n) is 2.16. The molecule has 0 spiro atoms. The van der Waals surface area contributed by atoms with E-state index in [0.29, 0.717) is 5.56 Å². The van der Waals surface area contributed by atoms with Crippen LogP contribution in [0.2, 0.25) is 5.02 Å². The average molecular weight is 248 g/mol. The van der Waals surface area contributed by atoms with Crippen LogP contribution < -0.4 is 0 Å². The first-order valence-corrected chi connectivity index (χ1v) is 4.43. The molecular formula is C8H4BrClFN. The van der Waals surface area contributed by atoms with Crippen molar-refractivity contribution in [2.75, 3.05) is 0 Å². The zero-order chi connectivity index (χ0) is 9.14. The molecule has 12 heavy (non-hydrogen) atoms. The summed E-state index contributed by atoms with van der Waals surface area (Å²) in [6, 6.07) is 5.89. The summed E-state index contributed by atoms with van der Waals surface area (Å²) < 4.78 is 12.5. The van der Waals surface area contributed by atoms with Crippen LogP contribution in [0.4, 0.5) is 4.39 Å². The number of rotatable bonds is 1. The Bertz CT molecular complexity index is 334. The molecule has 0 saturated carbocycles. The molecule has 1 aromatic carbocycles. The molecule has 4 heteroatoms. The maximum Gasteiger partial charge on any atom is 0.128 e. The Balaban J connectivity index is 3.11. The highest BCUT2D eigenvalue weighted by molar-refractivity contribution is 9.09. The quantitative estimate of drug-likeness (QED) is 0.699. The minimum absolute atomic E-state index is 0.262. The summed E-state index contributed by atoms with van der Waals surface area (Å²) in [7, 11) is 0. The molecule has 0 aliphatic carbocycles. The summed E-state index contributed by atoms with van der Waals surface area (Å²) in [6.45, 7) is 0. The van der Waals surface area contributed by atoms with E-state index in [1.807, 2.05) is 6.07 Å². The van der Waals surface area contributed by atoms with Gasteiger partial charge in [-0.2, -0.15) is 5.26 Å². The zero-order valence-corrected chi connectivity index (χ0v) is 8.23. The van der Waals surface area contributed by atoms with Crippen molar-refractivity contribution in [1.29, 1.82) is 5.26 Å². The second-order valence-corrected chi connectivity index (χ2v) is 3.48. The highest BCUT2D eigenvalue weighted by Crippen LogP contribution is 2.28. The maximum atomic E-state index is 12.5. The Hall–Kier alpha value is -0.590. The second kappa shape index (κ2) is 3.88. The van der Waals surface area contributed by atoms with Crippen LogP contribution in [-0.4, -0.2) is 0 Å². The fraction of sp³-hybridized carbons (Fsp3) is 0.125. The van der Waals surface area contributed by atoms with Gasteiger partial charge in [-0.1, -0.05) is 33.6 Å². The van der Waals surface area contributed by atoms with E-state index >= 15 is 0 Å². The molecule has 1 unspecified atom stereocenters. The van der Waals surface area contributed by atoms with E-state index < -0.39 is 10.6 Å². The lowest BCUT2D eigenvalue weighted by Gasteiger charge is -2.03. The molecule has 0 saturated heterocycles. The molecule has 62 valence electrons. The summed E-state index contributed by atoms with van der Waals surface area (Å²) >= 11 is 8.77. The lowest BCUT2D eigenvalue weighted by Crippen LogP contribution is -1.88. The van der Waals surface area contributed by atoms with Gasteiger partial charge in [0.1, 0.15) is 10.6 Å². The lowest BCUT2D eigenvalue weighted by molar-refractivity contribution is 0.627. The molecule has 0 aromatic heterocycles. The number of nitrogens with zero attached hydrogens (tertiary/aromatic N) is 1. The third-order valence-corrected chi connectivity index (χ3v) is 2.37. The van der Waals surface area contributed by atoms with Crippen molar-refractivity contribution in [1.82, 2.24) is 0 Å². The first-order valence-electron chi connectivity index (χ1n) is 3.14. The molecule has 0 bridgehead atoms. The van der Waals surface area contributed by atoms with E-state index in [1.54, 1.807) is 0 Å². The Morgan fingerprint density at radius 3 is 2.75 bits per heavy atom. The van der Waals surface area contributed by atoms with Gasteiger partial charge in [0.2, 0.25) is 0 Å². The molecule has 0 N–H and O–H groups in total. The number of nitriles is 1. The van der Waals surface area contributed by atoms with Crippen LogP contribution >= 0.6 is 27.5 Å². The first kappa shape index (κ1) is 9.50. The molecule has 0 aliphatic heterocycles. The molecule has 0 radical (unpaired) electrons. The van der Waals surface area contributed by atoms with Gasteiger partial charge in [0.05, 0.1) is 6.07 Å². The van der Waals surface area contributed by atoms with Crippen LogP contribution in [-0.2, 0) is 0 Å². The maximum absolute atomic E-state index is 12.5. The molecule has 1 atom stereocenters. The topological polar surface area (TPSA) is 23.8 Å². The molecule has 1 aromatic rings. The van der Waals surface area contributed by atoms with Gasteiger partial charge in [-0.05, 0) is 17.7 Å². The van der Waals surface area contributed by atoms with Gasteiger partial charge in [-0.25, -0.2) is 4.39 Å². The minimum Gasteiger partial charge on any atom is -0.207 e. The van der Waals surface area contributed by atoms with Gasteiger partial charge in [0, 0.05) is 5.02 Å². The number of hydrogen-bond donors (Lipinski definition) is 0. The SMILES string of the molecule is N#CC(Br)c1ccc(F)cc1Cl. The van der Waals surface area contributed by atoms with Crippen molar-refractivity contribution in [2.45, 2.75) is 4.83 Å². The number of halogens is 3. The van der Waals surface area contributed by atoms with Gasteiger partial charge >= 0.3 is 0 Å². The normalized spacial score (nSPS) is 12.2. The highest BCUT2D eigenvalue weighted by atomic mass is 79.9. The third kappa shape index (κ3) is 1.96. The smallest absolute Gasteiger partial charge is 0.128 e. The van der Waals surface area contributed by atoms with Crippen molar-refractivity contribution >= 4 is 27.5 Å². The van der Waals surface area contributed by atoms with Crippen molar-refractivity contribution in [2.24, 2.45) is 0 Å². The van der Waals surface area contributed by atoms with Gasteiger partial charge in [0.15, 0.2) is 0 Å². The summed E-state index contributed by atoms with van der Waals surface area (Å²) in [6.07, 6.45) is 0. The fourth-order valence-corrected chi connectivity index (χ4v) is 1.58. The third-order valence-electron chi connectivity index (χ3n) is 1.35. The van der Waals surface area contributed by atoms with Gasteiger partial charge in [-0.3, -0.25) is 0 Å². The van der Waals surface area contributed by atoms with Gasteiger partial charge in [0.25, 0.3) is 0 Å². The number of benzene rings is 1. The average Bonchev–Trinajstić information content (AvgIpc) is 2.03. The summed E-state index contributed by atoms with van der Waals surface area (Å²) in [5, 5.41) is 8.80. The van der Waals surface area contributed by atoms with E-state index in [1.165, 1.54) is 18.2 Å². The molecule has 0 fully saturated rings. The Kier molecular flexibility index (Phi) is 3.07. The van der Waals surface area contributed by atoms with Crippen molar-refractivity contribution in [3.05, 3.63) is 34.6 Å². The van der Waals surface area contributed by atoms with Crippen molar-refractivity contribution < 1.29 is 4.39 Å². The zero-order valence-electron chi connectivity index (χ0n) is 5.89. The largest absolute Gasteiger partial charge is 0.207 e. The van der Waals surface area contributed by atoms with Crippen LogP contribution in [0.3, 0.4) is 0 Å². The Morgan fingerprint density at radius 2 is 2.25 bits per heavy atom. The lowest BCUT2D eigenvalue weighted by atomic mass is 10.2. The van der Waals surface area contributed by atoms with Crippen LogP contribution in [0, 0.1) is 17.1 Å². The van der Waals surface area contributed by atoms with Crippen LogP contribution in [0.25, 0.3) is 0 Å². The van der Waals surface area contributed by atoms with Crippen LogP contribution in [0.1, 0.15) is 10.4 Å². The predicted octanol–water partition coefficient (Wildman–Crippen LogP) is 3.44. The number of alkyl halides is 1. The van der Waals surface area contributed by atoms with E-state index in [-0.39, 0.29) is 5.02 Å². The Morgan fingerprint density at radius 1 is 1.58 bits per heavy atom. The van der Waals surface area contributed by atoms with E-state index in [2.05, 4.69) is 15.9 Å². The summed E-state index contributed by atoms with van der Waals surface area (Å²) in [4.78, 5) is -0.481. The predicted molar refractivity (Wildman–Crippen MR) is 48.7 cm³/mol. The summed E-state index contributed by atoms with van der Waals surface area (Å²) in [5.41, 5.74) is 0.584. The van der Waals surface area contributed by atoms with Crippen LogP contribution in [0.15, 0.2) is 18.2 Å². The highest BCUT2D eigenvalue weighted by Gasteiger charge is 2.10. The van der Waals surface area contributed by atoms with Crippen molar-refractivity contribution in [3.63, 3.8) is 0 Å². The molecule has 1 nitrogen and oxygen atoms in total. The molecule has 0 amide bonds. The van der Waals surface area contributed by atoms with E-state index in [9.17, 15) is 4.39 Å². The molecule has 1 rings (SSSR count). The molecular weight excluding hydrogens is 244 g/mol. The standard InChI is InChI=1S/C8H4BrClFN/c9-7(4-12)6-2-1-5(11)3-8(6)10/h1-3,7H. The van der Waals surface area contributed by atoms with E-state index in [0.717, 1.165) is 0 Å². The van der Waals surface area contributed by atoms with Gasteiger partial charge < -0.3 is 0 Å². The Labute approximate surface area is 82.9 Å². The fourth-order valence-electron chi connectivity index (χ4n) is 0.777. The minimum atomic E-state index is -0.481. The van der Waals surface area contributed by atoms with E-state index in [4.69, 9.17) is 16.9 Å². The molecule has 0 aliphatic rings. The molecule has 0 heterocycles. The monoisotopic (exact) mass is 247 g/mol. The van der Waals surface area contributed by atoms with Crippen LogP contribution in [0.5, 0.6) is 0 Å².